The molecule has 0 aliphatic rings. The summed E-state index contributed by atoms with van der Waals surface area (Å²) < 4.78 is 11.1. The summed E-state index contributed by atoms with van der Waals surface area (Å²) in [7, 11) is 0. The fourth-order valence-corrected chi connectivity index (χ4v) is 2.26. The lowest BCUT2D eigenvalue weighted by Crippen LogP contribution is -2.12. The number of ether oxygens (including phenoxy) is 2. The molecule has 2 N–H and O–H groups in total. The van der Waals surface area contributed by atoms with Crippen LogP contribution in [0.15, 0.2) is 34.2 Å². The van der Waals surface area contributed by atoms with Crippen molar-refractivity contribution in [2.45, 2.75) is 33.6 Å². The summed E-state index contributed by atoms with van der Waals surface area (Å²) in [6.07, 6.45) is 3.30. The summed E-state index contributed by atoms with van der Waals surface area (Å²) in [5.41, 5.74) is 4.14. The standard InChI is InChI=1S/C18H24N4O3/c1-4-7-14-11-17(23)21-18(20-14)22-19-12-13-8-9-15(24-5-2)16(10-13)25-6-3/h8-12H,4-7H2,1-3H3,(H2,20,21,22,23). The van der Waals surface area contributed by atoms with Gasteiger partial charge >= 0.3 is 0 Å². The quantitative estimate of drug-likeness (QED) is 0.539. The number of aromatic amines is 1. The maximum atomic E-state index is 11.6. The van der Waals surface area contributed by atoms with Crippen LogP contribution in [0.2, 0.25) is 0 Å². The SMILES string of the molecule is CCCc1cc(=O)[nH]c(NN=Cc2ccc(OCC)c(OCC)c2)n1. The molecule has 1 heterocycles. The van der Waals surface area contributed by atoms with Crippen LogP contribution < -0.4 is 20.5 Å². The first-order valence-electron chi connectivity index (χ1n) is 8.45. The van der Waals surface area contributed by atoms with E-state index in [-0.39, 0.29) is 5.56 Å². The molecule has 7 heteroatoms. The van der Waals surface area contributed by atoms with Crippen molar-refractivity contribution in [1.82, 2.24) is 9.97 Å². The van der Waals surface area contributed by atoms with Crippen LogP contribution >= 0.6 is 0 Å². The number of nitrogens with zero attached hydrogens (tertiary/aromatic N) is 2. The predicted molar refractivity (Wildman–Crippen MR) is 98.8 cm³/mol. The maximum Gasteiger partial charge on any atom is 0.252 e. The lowest BCUT2D eigenvalue weighted by atomic mass is 10.2. The van der Waals surface area contributed by atoms with Gasteiger partial charge in [-0.3, -0.25) is 9.78 Å². The van der Waals surface area contributed by atoms with Gasteiger partial charge in [-0.05, 0) is 44.0 Å². The van der Waals surface area contributed by atoms with Crippen molar-refractivity contribution >= 4 is 12.2 Å². The first-order valence-corrected chi connectivity index (χ1v) is 8.45. The van der Waals surface area contributed by atoms with E-state index in [1.165, 1.54) is 6.07 Å². The number of aromatic nitrogens is 2. The Kier molecular flexibility index (Phi) is 7.00. The highest BCUT2D eigenvalue weighted by atomic mass is 16.5. The van der Waals surface area contributed by atoms with E-state index in [4.69, 9.17) is 9.47 Å². The zero-order valence-corrected chi connectivity index (χ0v) is 14.8. The molecule has 7 nitrogen and oxygen atoms in total. The van der Waals surface area contributed by atoms with E-state index in [9.17, 15) is 4.79 Å². The molecule has 134 valence electrons. The maximum absolute atomic E-state index is 11.6. The zero-order valence-electron chi connectivity index (χ0n) is 14.8. The molecule has 0 atom stereocenters. The topological polar surface area (TPSA) is 88.6 Å². The van der Waals surface area contributed by atoms with Gasteiger partial charge in [0.15, 0.2) is 11.5 Å². The molecule has 0 amide bonds. The van der Waals surface area contributed by atoms with Gasteiger partial charge in [-0.15, -0.1) is 0 Å². The Hall–Kier alpha value is -2.83. The van der Waals surface area contributed by atoms with E-state index in [1.54, 1.807) is 6.21 Å². The van der Waals surface area contributed by atoms with Gasteiger partial charge in [0.25, 0.3) is 5.56 Å². The Bertz CT molecular complexity index is 771. The summed E-state index contributed by atoms with van der Waals surface area (Å²) in [6.45, 7) is 7.01. The fourth-order valence-electron chi connectivity index (χ4n) is 2.26. The number of hydrogen-bond donors (Lipinski definition) is 2. The molecule has 0 radical (unpaired) electrons. The normalized spacial score (nSPS) is 10.8. The highest BCUT2D eigenvalue weighted by Gasteiger charge is 2.05. The van der Waals surface area contributed by atoms with E-state index >= 15 is 0 Å². The molecular weight excluding hydrogens is 320 g/mol. The number of hydrogen-bond acceptors (Lipinski definition) is 6. The molecule has 0 spiro atoms. The smallest absolute Gasteiger partial charge is 0.252 e. The summed E-state index contributed by atoms with van der Waals surface area (Å²) in [6, 6.07) is 7.07. The van der Waals surface area contributed by atoms with Gasteiger partial charge in [0.2, 0.25) is 5.95 Å². The highest BCUT2D eigenvalue weighted by molar-refractivity contribution is 5.81. The van der Waals surface area contributed by atoms with Crippen LogP contribution in [0.1, 0.15) is 38.4 Å². The Morgan fingerprint density at radius 2 is 1.92 bits per heavy atom. The van der Waals surface area contributed by atoms with E-state index in [0.29, 0.717) is 30.7 Å². The lowest BCUT2D eigenvalue weighted by molar-refractivity contribution is 0.288. The summed E-state index contributed by atoms with van der Waals surface area (Å²) >= 11 is 0. The number of hydrazone groups is 1. The number of benzene rings is 1. The van der Waals surface area contributed by atoms with Crippen molar-refractivity contribution in [2.24, 2.45) is 5.10 Å². The number of rotatable bonds is 9. The second kappa shape index (κ2) is 9.46. The first-order chi connectivity index (χ1) is 12.2. The number of nitrogens with one attached hydrogen (secondary N) is 2. The van der Waals surface area contributed by atoms with Crippen LogP contribution in [-0.4, -0.2) is 29.4 Å². The van der Waals surface area contributed by atoms with Gasteiger partial charge in [-0.25, -0.2) is 10.4 Å². The number of aryl methyl sites for hydroxylation is 1. The van der Waals surface area contributed by atoms with Gasteiger partial charge in [-0.2, -0.15) is 5.10 Å². The average Bonchev–Trinajstić information content (AvgIpc) is 2.57. The molecule has 0 aliphatic heterocycles. The number of H-pyrrole nitrogens is 1. The van der Waals surface area contributed by atoms with Crippen LogP contribution in [-0.2, 0) is 6.42 Å². The lowest BCUT2D eigenvalue weighted by Gasteiger charge is -2.11. The molecule has 0 saturated carbocycles. The van der Waals surface area contributed by atoms with Crippen molar-refractivity contribution in [3.8, 4) is 11.5 Å². The van der Waals surface area contributed by atoms with Crippen molar-refractivity contribution in [3.63, 3.8) is 0 Å². The van der Waals surface area contributed by atoms with Gasteiger partial charge in [0, 0.05) is 11.8 Å². The minimum Gasteiger partial charge on any atom is -0.490 e. The van der Waals surface area contributed by atoms with Crippen LogP contribution in [0.4, 0.5) is 5.95 Å². The van der Waals surface area contributed by atoms with Crippen LogP contribution in [0.5, 0.6) is 11.5 Å². The van der Waals surface area contributed by atoms with Crippen molar-refractivity contribution < 1.29 is 9.47 Å². The van der Waals surface area contributed by atoms with Gasteiger partial charge < -0.3 is 9.47 Å². The van der Waals surface area contributed by atoms with Crippen molar-refractivity contribution in [1.29, 1.82) is 0 Å². The van der Waals surface area contributed by atoms with Crippen LogP contribution in [0, 0.1) is 0 Å². The molecule has 1 aromatic carbocycles. The third-order valence-corrected chi connectivity index (χ3v) is 3.25. The summed E-state index contributed by atoms with van der Waals surface area (Å²) in [4.78, 5) is 18.5. The monoisotopic (exact) mass is 344 g/mol. The van der Waals surface area contributed by atoms with Gasteiger partial charge in [-0.1, -0.05) is 13.3 Å². The molecule has 2 aromatic rings. The molecule has 0 bridgehead atoms. The summed E-state index contributed by atoms with van der Waals surface area (Å²) in [5, 5.41) is 4.13. The Balaban J connectivity index is 2.11. The predicted octanol–water partition coefficient (Wildman–Crippen LogP) is 2.97. The third kappa shape index (κ3) is 5.63. The molecule has 0 saturated heterocycles. The molecule has 25 heavy (non-hydrogen) atoms. The Morgan fingerprint density at radius 3 is 2.64 bits per heavy atom. The van der Waals surface area contributed by atoms with Gasteiger partial charge in [0.05, 0.1) is 19.4 Å². The Labute approximate surface area is 147 Å². The third-order valence-electron chi connectivity index (χ3n) is 3.25. The summed E-state index contributed by atoms with van der Waals surface area (Å²) in [5.74, 6) is 1.70. The van der Waals surface area contributed by atoms with Crippen LogP contribution in [0.3, 0.4) is 0 Å². The van der Waals surface area contributed by atoms with Crippen molar-refractivity contribution in [3.05, 3.63) is 45.9 Å². The zero-order chi connectivity index (χ0) is 18.1. The van der Waals surface area contributed by atoms with Crippen LogP contribution in [0.25, 0.3) is 0 Å². The molecular formula is C18H24N4O3. The van der Waals surface area contributed by atoms with Crippen molar-refractivity contribution in [2.75, 3.05) is 18.6 Å². The minimum atomic E-state index is -0.198. The molecule has 0 unspecified atom stereocenters. The highest BCUT2D eigenvalue weighted by Crippen LogP contribution is 2.27. The van der Waals surface area contributed by atoms with E-state index in [1.807, 2.05) is 39.0 Å². The van der Waals surface area contributed by atoms with E-state index < -0.39 is 0 Å². The molecule has 2 rings (SSSR count). The molecule has 0 aliphatic carbocycles. The second-order valence-corrected chi connectivity index (χ2v) is 5.28. The largest absolute Gasteiger partial charge is 0.490 e. The second-order valence-electron chi connectivity index (χ2n) is 5.28. The molecule has 0 fully saturated rings. The first kappa shape index (κ1) is 18.5. The van der Waals surface area contributed by atoms with E-state index in [2.05, 4.69) is 20.5 Å². The Morgan fingerprint density at radius 1 is 1.16 bits per heavy atom. The fraction of sp³-hybridized carbons (Fsp3) is 0.389. The average molecular weight is 344 g/mol. The van der Waals surface area contributed by atoms with Gasteiger partial charge in [0.1, 0.15) is 0 Å². The minimum absolute atomic E-state index is 0.198. The number of anilines is 1. The van der Waals surface area contributed by atoms with E-state index in [0.717, 1.165) is 24.1 Å². The molecule has 1 aromatic heterocycles.